The highest BCUT2D eigenvalue weighted by molar-refractivity contribution is 4.82. The van der Waals surface area contributed by atoms with E-state index in [-0.39, 0.29) is 0 Å². The van der Waals surface area contributed by atoms with Gasteiger partial charge in [0.2, 0.25) is 0 Å². The van der Waals surface area contributed by atoms with Crippen LogP contribution in [-0.2, 0) is 0 Å². The lowest BCUT2D eigenvalue weighted by Crippen LogP contribution is -2.52. The SMILES string of the molecule is [CH2]CN1CCNCC1CC(F)(F)F. The summed E-state index contributed by atoms with van der Waals surface area (Å²) < 4.78 is 36.2. The minimum absolute atomic E-state index is 0.412. The lowest BCUT2D eigenvalue weighted by atomic mass is 10.1. The number of nitrogens with one attached hydrogen (secondary N) is 1. The summed E-state index contributed by atoms with van der Waals surface area (Å²) in [4.78, 5) is 1.77. The van der Waals surface area contributed by atoms with Crippen molar-refractivity contribution in [3.05, 3.63) is 6.92 Å². The maximum atomic E-state index is 12.1. The van der Waals surface area contributed by atoms with Gasteiger partial charge in [-0.15, -0.1) is 0 Å². The Labute approximate surface area is 76.1 Å². The van der Waals surface area contributed by atoms with E-state index in [2.05, 4.69) is 12.2 Å². The monoisotopic (exact) mass is 195 g/mol. The molecule has 1 radical (unpaired) electrons. The molecule has 5 heteroatoms. The highest BCUT2D eigenvalue weighted by atomic mass is 19.4. The van der Waals surface area contributed by atoms with Gasteiger partial charge in [0.25, 0.3) is 0 Å². The number of hydrogen-bond donors (Lipinski definition) is 1. The van der Waals surface area contributed by atoms with Gasteiger partial charge in [0, 0.05) is 25.7 Å². The fourth-order valence-electron chi connectivity index (χ4n) is 1.57. The first-order chi connectivity index (χ1) is 6.03. The summed E-state index contributed by atoms with van der Waals surface area (Å²) in [5, 5.41) is 2.95. The van der Waals surface area contributed by atoms with Crippen LogP contribution in [0.2, 0.25) is 0 Å². The van der Waals surface area contributed by atoms with E-state index in [1.807, 2.05) is 0 Å². The topological polar surface area (TPSA) is 15.3 Å². The van der Waals surface area contributed by atoms with Gasteiger partial charge in [0.1, 0.15) is 0 Å². The number of halogens is 3. The molecule has 0 bridgehead atoms. The van der Waals surface area contributed by atoms with Crippen LogP contribution in [0.4, 0.5) is 13.2 Å². The van der Waals surface area contributed by atoms with Gasteiger partial charge >= 0.3 is 6.18 Å². The lowest BCUT2D eigenvalue weighted by Gasteiger charge is -2.35. The molecule has 1 rings (SSSR count). The summed E-state index contributed by atoms with van der Waals surface area (Å²) in [5.74, 6) is 0. The summed E-state index contributed by atoms with van der Waals surface area (Å²) in [6, 6.07) is -0.439. The van der Waals surface area contributed by atoms with Crippen LogP contribution >= 0.6 is 0 Å². The normalized spacial score (nSPS) is 26.3. The van der Waals surface area contributed by atoms with E-state index >= 15 is 0 Å². The molecular formula is C8H14F3N2. The van der Waals surface area contributed by atoms with Gasteiger partial charge in [-0.25, -0.2) is 0 Å². The molecule has 0 aromatic carbocycles. The molecule has 1 N–H and O–H groups in total. The summed E-state index contributed by atoms with van der Waals surface area (Å²) in [5.41, 5.74) is 0. The number of rotatable bonds is 2. The van der Waals surface area contributed by atoms with Crippen LogP contribution in [0.25, 0.3) is 0 Å². The third-order valence-corrected chi connectivity index (χ3v) is 2.23. The molecule has 1 heterocycles. The molecule has 0 aromatic rings. The lowest BCUT2D eigenvalue weighted by molar-refractivity contribution is -0.148. The number of hydrogen-bond acceptors (Lipinski definition) is 2. The Morgan fingerprint density at radius 2 is 2.15 bits per heavy atom. The van der Waals surface area contributed by atoms with E-state index in [0.717, 1.165) is 6.54 Å². The zero-order chi connectivity index (χ0) is 9.90. The molecule has 0 aromatic heterocycles. The molecule has 77 valence electrons. The summed E-state index contributed by atoms with van der Waals surface area (Å²) in [6.45, 7) is 5.89. The van der Waals surface area contributed by atoms with Crippen LogP contribution in [0.5, 0.6) is 0 Å². The quantitative estimate of drug-likeness (QED) is 0.708. The molecule has 13 heavy (non-hydrogen) atoms. The summed E-state index contributed by atoms with van der Waals surface area (Å²) in [6.07, 6.45) is -4.81. The van der Waals surface area contributed by atoms with E-state index in [9.17, 15) is 13.2 Å². The fraction of sp³-hybridized carbons (Fsp3) is 0.875. The largest absolute Gasteiger partial charge is 0.390 e. The predicted molar refractivity (Wildman–Crippen MR) is 44.3 cm³/mol. The first kappa shape index (κ1) is 10.8. The van der Waals surface area contributed by atoms with Crippen molar-refractivity contribution in [1.29, 1.82) is 0 Å². The van der Waals surface area contributed by atoms with Crippen LogP contribution in [0.3, 0.4) is 0 Å². The predicted octanol–water partition coefficient (Wildman–Crippen LogP) is 1.05. The molecule has 0 spiro atoms. The van der Waals surface area contributed by atoms with Gasteiger partial charge in [-0.1, -0.05) is 0 Å². The van der Waals surface area contributed by atoms with Crippen molar-refractivity contribution in [2.75, 3.05) is 26.2 Å². The maximum absolute atomic E-state index is 12.1. The van der Waals surface area contributed by atoms with Crippen LogP contribution in [0.15, 0.2) is 0 Å². The number of piperazine rings is 1. The van der Waals surface area contributed by atoms with Crippen molar-refractivity contribution >= 4 is 0 Å². The second kappa shape index (κ2) is 4.28. The van der Waals surface area contributed by atoms with E-state index in [1.54, 1.807) is 4.90 Å². The fourth-order valence-corrected chi connectivity index (χ4v) is 1.57. The first-order valence-corrected chi connectivity index (χ1v) is 4.33. The van der Waals surface area contributed by atoms with Crippen LogP contribution in [0.1, 0.15) is 6.42 Å². The summed E-state index contributed by atoms with van der Waals surface area (Å²) in [7, 11) is 0. The molecule has 1 saturated heterocycles. The van der Waals surface area contributed by atoms with Crippen molar-refractivity contribution in [2.24, 2.45) is 0 Å². The van der Waals surface area contributed by atoms with Gasteiger partial charge in [0.15, 0.2) is 0 Å². The van der Waals surface area contributed by atoms with Crippen LogP contribution in [-0.4, -0.2) is 43.3 Å². The average Bonchev–Trinajstić information content (AvgIpc) is 2.02. The Balaban J connectivity index is 2.45. The van der Waals surface area contributed by atoms with E-state index in [0.29, 0.717) is 19.6 Å². The maximum Gasteiger partial charge on any atom is 0.390 e. The van der Waals surface area contributed by atoms with Gasteiger partial charge in [-0.3, -0.25) is 4.90 Å². The van der Waals surface area contributed by atoms with Gasteiger partial charge in [-0.05, 0) is 13.5 Å². The Morgan fingerprint density at radius 1 is 1.46 bits per heavy atom. The van der Waals surface area contributed by atoms with Crippen molar-refractivity contribution in [2.45, 2.75) is 18.6 Å². The van der Waals surface area contributed by atoms with Crippen LogP contribution < -0.4 is 5.32 Å². The second-order valence-electron chi connectivity index (χ2n) is 3.21. The molecule has 1 aliphatic rings. The van der Waals surface area contributed by atoms with E-state index < -0.39 is 18.6 Å². The van der Waals surface area contributed by atoms with Crippen molar-refractivity contribution in [3.8, 4) is 0 Å². The van der Waals surface area contributed by atoms with Crippen LogP contribution in [0, 0.1) is 6.92 Å². The van der Waals surface area contributed by atoms with Crippen molar-refractivity contribution < 1.29 is 13.2 Å². The third kappa shape index (κ3) is 3.52. The van der Waals surface area contributed by atoms with Gasteiger partial charge in [-0.2, -0.15) is 13.2 Å². The van der Waals surface area contributed by atoms with Crippen molar-refractivity contribution in [3.63, 3.8) is 0 Å². The molecule has 2 nitrogen and oxygen atoms in total. The molecule has 1 atom stereocenters. The van der Waals surface area contributed by atoms with E-state index in [1.165, 1.54) is 0 Å². The molecule has 1 aliphatic heterocycles. The third-order valence-electron chi connectivity index (χ3n) is 2.23. The second-order valence-corrected chi connectivity index (χ2v) is 3.21. The molecule has 1 unspecified atom stereocenters. The summed E-state index contributed by atoms with van der Waals surface area (Å²) >= 11 is 0. The molecule has 1 fully saturated rings. The first-order valence-electron chi connectivity index (χ1n) is 4.33. The smallest absolute Gasteiger partial charge is 0.314 e. The van der Waals surface area contributed by atoms with E-state index in [4.69, 9.17) is 0 Å². The zero-order valence-corrected chi connectivity index (χ0v) is 7.40. The Kier molecular flexibility index (Phi) is 3.55. The number of alkyl halides is 3. The Hall–Kier alpha value is -0.290. The standard InChI is InChI=1S/C8H14F3N2/c1-2-13-4-3-12-6-7(13)5-8(9,10)11/h7,12H,1-6H2. The number of nitrogens with zero attached hydrogens (tertiary/aromatic N) is 1. The van der Waals surface area contributed by atoms with Gasteiger partial charge < -0.3 is 5.32 Å². The Morgan fingerprint density at radius 3 is 2.69 bits per heavy atom. The molecular weight excluding hydrogens is 181 g/mol. The zero-order valence-electron chi connectivity index (χ0n) is 7.40. The highest BCUT2D eigenvalue weighted by Crippen LogP contribution is 2.24. The molecule has 0 amide bonds. The minimum Gasteiger partial charge on any atom is -0.314 e. The van der Waals surface area contributed by atoms with Gasteiger partial charge in [0.05, 0.1) is 6.42 Å². The highest BCUT2D eigenvalue weighted by Gasteiger charge is 2.35. The minimum atomic E-state index is -4.07. The molecule has 0 aliphatic carbocycles. The molecule has 0 saturated carbocycles. The average molecular weight is 195 g/mol. The Bertz CT molecular complexity index is 158. The van der Waals surface area contributed by atoms with Crippen molar-refractivity contribution in [1.82, 2.24) is 10.2 Å².